The third-order valence-electron chi connectivity index (χ3n) is 3.33. The number of carbonyl (C=O) groups excluding carboxylic acids is 2. The molecular formula is C18H19NO5. The van der Waals surface area contributed by atoms with Crippen LogP contribution in [0.25, 0.3) is 0 Å². The van der Waals surface area contributed by atoms with E-state index < -0.39 is 0 Å². The van der Waals surface area contributed by atoms with Crippen molar-refractivity contribution in [3.63, 3.8) is 0 Å². The van der Waals surface area contributed by atoms with E-state index in [1.165, 1.54) is 13.2 Å². The molecule has 0 heterocycles. The molecule has 0 aliphatic heterocycles. The molecule has 2 aromatic carbocycles. The topological polar surface area (TPSA) is 73.9 Å². The average Bonchev–Trinajstić information content (AvgIpc) is 2.64. The van der Waals surface area contributed by atoms with Crippen molar-refractivity contribution < 1.29 is 23.8 Å². The van der Waals surface area contributed by atoms with Gasteiger partial charge in [0, 0.05) is 12.1 Å². The number of carbonyl (C=O) groups is 2. The standard InChI is InChI=1S/C18H19NO5/c1-22-15-6-3-13(4-7-15)10-19-18(21)12-24-17-9-14(11-20)5-8-16(17)23-2/h3-9,11H,10,12H2,1-2H3,(H,19,21). The van der Waals surface area contributed by atoms with E-state index >= 15 is 0 Å². The summed E-state index contributed by atoms with van der Waals surface area (Å²) in [4.78, 5) is 22.7. The molecule has 6 heteroatoms. The molecule has 0 unspecified atom stereocenters. The number of hydrogen-bond donors (Lipinski definition) is 1. The first-order valence-electron chi connectivity index (χ1n) is 7.32. The number of benzene rings is 2. The van der Waals surface area contributed by atoms with Crippen molar-refractivity contribution in [2.45, 2.75) is 6.54 Å². The van der Waals surface area contributed by atoms with E-state index in [1.54, 1.807) is 19.2 Å². The van der Waals surface area contributed by atoms with Crippen molar-refractivity contribution in [3.8, 4) is 17.2 Å². The lowest BCUT2D eigenvalue weighted by Gasteiger charge is -2.11. The predicted octanol–water partition coefficient (Wildman–Crippen LogP) is 2.21. The molecule has 126 valence electrons. The molecule has 0 bridgehead atoms. The highest BCUT2D eigenvalue weighted by molar-refractivity contribution is 5.78. The minimum atomic E-state index is -0.274. The second-order valence-electron chi connectivity index (χ2n) is 4.94. The molecule has 0 saturated carbocycles. The molecule has 1 amide bonds. The van der Waals surface area contributed by atoms with Gasteiger partial charge in [-0.15, -0.1) is 0 Å². The summed E-state index contributed by atoms with van der Waals surface area (Å²) in [6.07, 6.45) is 0.704. The van der Waals surface area contributed by atoms with Gasteiger partial charge in [0.1, 0.15) is 12.0 Å². The second kappa shape index (κ2) is 8.57. The minimum absolute atomic E-state index is 0.172. The summed E-state index contributed by atoms with van der Waals surface area (Å²) in [5.74, 6) is 1.30. The van der Waals surface area contributed by atoms with Gasteiger partial charge in [-0.05, 0) is 35.9 Å². The van der Waals surface area contributed by atoms with Crippen LogP contribution in [0.3, 0.4) is 0 Å². The SMILES string of the molecule is COc1ccc(CNC(=O)COc2cc(C=O)ccc2OC)cc1. The molecule has 0 atom stereocenters. The largest absolute Gasteiger partial charge is 0.497 e. The van der Waals surface area contributed by atoms with Crippen LogP contribution in [0, 0.1) is 0 Å². The zero-order valence-electron chi connectivity index (χ0n) is 13.6. The normalized spacial score (nSPS) is 9.92. The van der Waals surface area contributed by atoms with Gasteiger partial charge in [-0.2, -0.15) is 0 Å². The fourth-order valence-corrected chi connectivity index (χ4v) is 2.02. The first kappa shape index (κ1) is 17.3. The maximum Gasteiger partial charge on any atom is 0.258 e. The molecule has 2 aromatic rings. The number of methoxy groups -OCH3 is 2. The van der Waals surface area contributed by atoms with Crippen LogP contribution in [-0.2, 0) is 11.3 Å². The van der Waals surface area contributed by atoms with Gasteiger partial charge in [0.25, 0.3) is 5.91 Å². The van der Waals surface area contributed by atoms with Crippen LogP contribution in [0.5, 0.6) is 17.2 Å². The molecule has 0 aliphatic rings. The quantitative estimate of drug-likeness (QED) is 0.752. The Morgan fingerprint density at radius 1 is 1.04 bits per heavy atom. The summed E-state index contributed by atoms with van der Waals surface area (Å²) in [7, 11) is 3.09. The zero-order valence-corrected chi connectivity index (χ0v) is 13.6. The lowest BCUT2D eigenvalue weighted by molar-refractivity contribution is -0.123. The van der Waals surface area contributed by atoms with E-state index in [0.717, 1.165) is 11.3 Å². The second-order valence-corrected chi connectivity index (χ2v) is 4.94. The number of ether oxygens (including phenoxy) is 3. The van der Waals surface area contributed by atoms with Crippen LogP contribution in [-0.4, -0.2) is 33.0 Å². The van der Waals surface area contributed by atoms with Crippen LogP contribution in [0.15, 0.2) is 42.5 Å². The summed E-state index contributed by atoms with van der Waals surface area (Å²) < 4.78 is 15.7. The number of aldehydes is 1. The van der Waals surface area contributed by atoms with E-state index in [4.69, 9.17) is 14.2 Å². The summed E-state index contributed by atoms with van der Waals surface area (Å²) in [6.45, 7) is 0.215. The van der Waals surface area contributed by atoms with Gasteiger partial charge in [-0.1, -0.05) is 12.1 Å². The van der Waals surface area contributed by atoms with Gasteiger partial charge in [-0.25, -0.2) is 0 Å². The van der Waals surface area contributed by atoms with Crippen LogP contribution in [0.1, 0.15) is 15.9 Å². The van der Waals surface area contributed by atoms with Gasteiger partial charge in [0.05, 0.1) is 14.2 Å². The van der Waals surface area contributed by atoms with Gasteiger partial charge in [0.2, 0.25) is 0 Å². The van der Waals surface area contributed by atoms with Crippen molar-refractivity contribution >= 4 is 12.2 Å². The van der Waals surface area contributed by atoms with Crippen molar-refractivity contribution in [3.05, 3.63) is 53.6 Å². The third-order valence-corrected chi connectivity index (χ3v) is 3.33. The predicted molar refractivity (Wildman–Crippen MR) is 88.7 cm³/mol. The Morgan fingerprint density at radius 2 is 1.79 bits per heavy atom. The van der Waals surface area contributed by atoms with Gasteiger partial charge in [0.15, 0.2) is 18.1 Å². The highest BCUT2D eigenvalue weighted by Gasteiger charge is 2.09. The van der Waals surface area contributed by atoms with Gasteiger partial charge >= 0.3 is 0 Å². The fraction of sp³-hybridized carbons (Fsp3) is 0.222. The maximum absolute atomic E-state index is 11.9. The van der Waals surface area contributed by atoms with Crippen LogP contribution in [0.2, 0.25) is 0 Å². The summed E-state index contributed by atoms with van der Waals surface area (Å²) >= 11 is 0. The molecule has 6 nitrogen and oxygen atoms in total. The first-order valence-corrected chi connectivity index (χ1v) is 7.32. The third kappa shape index (κ3) is 4.74. The molecular weight excluding hydrogens is 310 g/mol. The monoisotopic (exact) mass is 329 g/mol. The summed E-state index contributed by atoms with van der Waals surface area (Å²) in [5.41, 5.74) is 1.40. The van der Waals surface area contributed by atoms with Crippen molar-refractivity contribution in [2.75, 3.05) is 20.8 Å². The van der Waals surface area contributed by atoms with E-state index in [0.29, 0.717) is 29.9 Å². The number of nitrogens with one attached hydrogen (secondary N) is 1. The molecule has 0 spiro atoms. The maximum atomic E-state index is 11.9. The number of rotatable bonds is 8. The Bertz CT molecular complexity index is 697. The molecule has 1 N–H and O–H groups in total. The lowest BCUT2D eigenvalue weighted by Crippen LogP contribution is -2.28. The highest BCUT2D eigenvalue weighted by Crippen LogP contribution is 2.27. The molecule has 0 aromatic heterocycles. The Balaban J connectivity index is 1.87. The summed E-state index contributed by atoms with van der Waals surface area (Å²) in [5, 5.41) is 2.76. The van der Waals surface area contributed by atoms with Crippen LogP contribution >= 0.6 is 0 Å². The number of amides is 1. The van der Waals surface area contributed by atoms with E-state index in [1.807, 2.05) is 24.3 Å². The Labute approximate surface area is 140 Å². The highest BCUT2D eigenvalue weighted by atomic mass is 16.5. The Morgan fingerprint density at radius 3 is 2.42 bits per heavy atom. The van der Waals surface area contributed by atoms with Crippen LogP contribution < -0.4 is 19.5 Å². The van der Waals surface area contributed by atoms with Crippen LogP contribution in [0.4, 0.5) is 0 Å². The van der Waals surface area contributed by atoms with Crippen molar-refractivity contribution in [1.82, 2.24) is 5.32 Å². The average molecular weight is 329 g/mol. The van der Waals surface area contributed by atoms with E-state index in [2.05, 4.69) is 5.32 Å². The Kier molecular flexibility index (Phi) is 6.19. The lowest BCUT2D eigenvalue weighted by atomic mass is 10.2. The Hall–Kier alpha value is -3.02. The number of hydrogen-bond acceptors (Lipinski definition) is 5. The van der Waals surface area contributed by atoms with Crippen molar-refractivity contribution in [2.24, 2.45) is 0 Å². The fourth-order valence-electron chi connectivity index (χ4n) is 2.02. The molecule has 24 heavy (non-hydrogen) atoms. The first-order chi connectivity index (χ1) is 11.7. The summed E-state index contributed by atoms with van der Waals surface area (Å²) in [6, 6.07) is 12.2. The molecule has 0 aliphatic carbocycles. The zero-order chi connectivity index (χ0) is 17.4. The van der Waals surface area contributed by atoms with Gasteiger partial charge < -0.3 is 19.5 Å². The van der Waals surface area contributed by atoms with Crippen molar-refractivity contribution in [1.29, 1.82) is 0 Å². The molecule has 2 rings (SSSR count). The molecule has 0 saturated heterocycles. The van der Waals surface area contributed by atoms with E-state index in [9.17, 15) is 9.59 Å². The smallest absolute Gasteiger partial charge is 0.258 e. The van der Waals surface area contributed by atoms with Gasteiger partial charge in [-0.3, -0.25) is 9.59 Å². The molecule has 0 radical (unpaired) electrons. The van der Waals surface area contributed by atoms with E-state index in [-0.39, 0.29) is 12.5 Å². The molecule has 0 fully saturated rings. The minimum Gasteiger partial charge on any atom is -0.497 e.